The van der Waals surface area contributed by atoms with E-state index in [-0.39, 0.29) is 12.6 Å². The molecule has 22 heavy (non-hydrogen) atoms. The van der Waals surface area contributed by atoms with Gasteiger partial charge < -0.3 is 14.8 Å². The Labute approximate surface area is 134 Å². The lowest BCUT2D eigenvalue weighted by molar-refractivity contribution is -0.154. The largest absolute Gasteiger partial charge is 0.461 e. The van der Waals surface area contributed by atoms with Gasteiger partial charge in [0.05, 0.1) is 0 Å². The van der Waals surface area contributed by atoms with Crippen LogP contribution in [0.25, 0.3) is 0 Å². The fraction of sp³-hybridized carbons (Fsp3) is 0.882. The first kappa shape index (κ1) is 18.8. The summed E-state index contributed by atoms with van der Waals surface area (Å²) in [5, 5.41) is 2.45. The van der Waals surface area contributed by atoms with Crippen LogP contribution in [0.15, 0.2) is 0 Å². The molecule has 0 bridgehead atoms. The Morgan fingerprint density at radius 1 is 1.23 bits per heavy atom. The maximum atomic E-state index is 12.0. The molecule has 0 spiro atoms. The van der Waals surface area contributed by atoms with Crippen LogP contribution >= 0.6 is 0 Å². The van der Waals surface area contributed by atoms with Crippen molar-refractivity contribution < 1.29 is 19.1 Å². The fourth-order valence-electron chi connectivity index (χ4n) is 2.92. The highest BCUT2D eigenvalue weighted by Crippen LogP contribution is 2.35. The highest BCUT2D eigenvalue weighted by Gasteiger charge is 2.33. The second kappa shape index (κ2) is 7.84. The van der Waals surface area contributed by atoms with Crippen molar-refractivity contribution in [2.45, 2.75) is 72.5 Å². The Bertz CT molecular complexity index is 387. The van der Waals surface area contributed by atoms with Crippen molar-refractivity contribution in [2.75, 3.05) is 6.54 Å². The van der Waals surface area contributed by atoms with Crippen LogP contribution < -0.4 is 5.32 Å². The molecule has 1 saturated carbocycles. The monoisotopic (exact) mass is 313 g/mol. The SMILES string of the molecule is CC(C)[C@@H]1CC[C@@H](C)C[C@H]1OC(=O)CNC(=O)OC(C)(C)C. The number of carbonyl (C=O) groups excluding carboxylic acids is 2. The zero-order chi connectivity index (χ0) is 16.9. The van der Waals surface area contributed by atoms with Gasteiger partial charge in [0.1, 0.15) is 18.2 Å². The van der Waals surface area contributed by atoms with Gasteiger partial charge in [0.25, 0.3) is 0 Å². The van der Waals surface area contributed by atoms with Crippen LogP contribution in [0.3, 0.4) is 0 Å². The molecule has 1 rings (SSSR count). The molecule has 1 fully saturated rings. The standard InChI is InChI=1S/C17H31NO4/c1-11(2)13-8-7-12(3)9-14(13)21-15(19)10-18-16(20)22-17(4,5)6/h11-14H,7-10H2,1-6H3,(H,18,20)/t12-,13+,14-/m1/s1. The van der Waals surface area contributed by atoms with Gasteiger partial charge in [0, 0.05) is 0 Å². The van der Waals surface area contributed by atoms with E-state index >= 15 is 0 Å². The second-order valence-electron chi connectivity index (χ2n) is 7.71. The predicted molar refractivity (Wildman–Crippen MR) is 85.5 cm³/mol. The van der Waals surface area contributed by atoms with E-state index in [1.807, 2.05) is 0 Å². The summed E-state index contributed by atoms with van der Waals surface area (Å²) in [6.45, 7) is 11.7. The van der Waals surface area contributed by atoms with Gasteiger partial charge >= 0.3 is 12.1 Å². The highest BCUT2D eigenvalue weighted by molar-refractivity contribution is 5.78. The highest BCUT2D eigenvalue weighted by atomic mass is 16.6. The molecule has 0 radical (unpaired) electrons. The number of carbonyl (C=O) groups is 2. The molecule has 1 aliphatic rings. The van der Waals surface area contributed by atoms with Gasteiger partial charge in [-0.3, -0.25) is 4.79 Å². The molecule has 1 N–H and O–H groups in total. The number of nitrogens with one attached hydrogen (secondary N) is 1. The smallest absolute Gasteiger partial charge is 0.408 e. The number of alkyl carbamates (subject to hydrolysis) is 1. The number of hydrogen-bond donors (Lipinski definition) is 1. The van der Waals surface area contributed by atoms with Gasteiger partial charge in [-0.15, -0.1) is 0 Å². The maximum Gasteiger partial charge on any atom is 0.408 e. The number of rotatable bonds is 4. The van der Waals surface area contributed by atoms with E-state index in [4.69, 9.17) is 9.47 Å². The zero-order valence-electron chi connectivity index (χ0n) is 14.8. The van der Waals surface area contributed by atoms with Crippen molar-refractivity contribution in [3.05, 3.63) is 0 Å². The Hall–Kier alpha value is -1.26. The third-order valence-corrected chi connectivity index (χ3v) is 4.02. The molecule has 0 heterocycles. The molecule has 128 valence electrons. The molecule has 1 amide bonds. The van der Waals surface area contributed by atoms with Gasteiger partial charge in [-0.05, 0) is 51.4 Å². The molecule has 0 saturated heterocycles. The summed E-state index contributed by atoms with van der Waals surface area (Å²) in [4.78, 5) is 23.5. The van der Waals surface area contributed by atoms with Crippen LogP contribution in [0.2, 0.25) is 0 Å². The van der Waals surface area contributed by atoms with Crippen molar-refractivity contribution in [1.82, 2.24) is 5.32 Å². The number of amides is 1. The first-order valence-corrected chi connectivity index (χ1v) is 8.25. The summed E-state index contributed by atoms with van der Waals surface area (Å²) < 4.78 is 10.7. The molecule has 0 aromatic rings. The Morgan fingerprint density at radius 3 is 2.41 bits per heavy atom. The molecule has 0 aromatic carbocycles. The van der Waals surface area contributed by atoms with E-state index < -0.39 is 17.7 Å². The molecule has 5 heteroatoms. The van der Waals surface area contributed by atoms with Gasteiger partial charge in [0.2, 0.25) is 0 Å². The minimum Gasteiger partial charge on any atom is -0.461 e. The van der Waals surface area contributed by atoms with Crippen LogP contribution in [0.5, 0.6) is 0 Å². The molecule has 1 aliphatic carbocycles. The third-order valence-electron chi connectivity index (χ3n) is 4.02. The molecule has 3 atom stereocenters. The summed E-state index contributed by atoms with van der Waals surface area (Å²) in [6, 6.07) is 0. The van der Waals surface area contributed by atoms with Crippen molar-refractivity contribution in [3.8, 4) is 0 Å². The van der Waals surface area contributed by atoms with E-state index in [1.165, 1.54) is 6.42 Å². The normalized spacial score (nSPS) is 25.7. The van der Waals surface area contributed by atoms with Gasteiger partial charge in [-0.2, -0.15) is 0 Å². The maximum absolute atomic E-state index is 12.0. The van der Waals surface area contributed by atoms with Crippen LogP contribution in [0.1, 0.15) is 60.8 Å². The Morgan fingerprint density at radius 2 is 1.86 bits per heavy atom. The van der Waals surface area contributed by atoms with E-state index in [0.29, 0.717) is 17.8 Å². The average molecular weight is 313 g/mol. The van der Waals surface area contributed by atoms with Crippen molar-refractivity contribution in [2.24, 2.45) is 17.8 Å². The summed E-state index contributed by atoms with van der Waals surface area (Å²) in [5.74, 6) is 1.08. The quantitative estimate of drug-likeness (QED) is 0.807. The van der Waals surface area contributed by atoms with E-state index in [0.717, 1.165) is 12.8 Å². The minimum absolute atomic E-state index is 0.0447. The molecule has 0 aromatic heterocycles. The van der Waals surface area contributed by atoms with Crippen LogP contribution in [-0.2, 0) is 14.3 Å². The average Bonchev–Trinajstić information content (AvgIpc) is 2.34. The van der Waals surface area contributed by atoms with Gasteiger partial charge in [-0.25, -0.2) is 4.79 Å². The zero-order valence-corrected chi connectivity index (χ0v) is 14.8. The summed E-state index contributed by atoms with van der Waals surface area (Å²) >= 11 is 0. The lowest BCUT2D eigenvalue weighted by atomic mass is 9.75. The van der Waals surface area contributed by atoms with Gasteiger partial charge in [0.15, 0.2) is 0 Å². The molecular weight excluding hydrogens is 282 g/mol. The van der Waals surface area contributed by atoms with Gasteiger partial charge in [-0.1, -0.05) is 27.2 Å². The molecule has 5 nitrogen and oxygen atoms in total. The van der Waals surface area contributed by atoms with Crippen LogP contribution in [0.4, 0.5) is 4.79 Å². The summed E-state index contributed by atoms with van der Waals surface area (Å²) in [7, 11) is 0. The summed E-state index contributed by atoms with van der Waals surface area (Å²) in [6.07, 6.45) is 2.54. The Kier molecular flexibility index (Phi) is 6.69. The fourth-order valence-corrected chi connectivity index (χ4v) is 2.92. The van der Waals surface area contributed by atoms with E-state index in [2.05, 4.69) is 26.1 Å². The predicted octanol–water partition coefficient (Wildman–Crippen LogP) is 3.52. The van der Waals surface area contributed by atoms with Crippen molar-refractivity contribution in [1.29, 1.82) is 0 Å². The second-order valence-corrected chi connectivity index (χ2v) is 7.71. The first-order chi connectivity index (χ1) is 10.1. The van der Waals surface area contributed by atoms with Crippen molar-refractivity contribution in [3.63, 3.8) is 0 Å². The third kappa shape index (κ3) is 6.67. The van der Waals surface area contributed by atoms with Crippen molar-refractivity contribution >= 4 is 12.1 Å². The topological polar surface area (TPSA) is 64.6 Å². The van der Waals surface area contributed by atoms with E-state index in [9.17, 15) is 9.59 Å². The summed E-state index contributed by atoms with van der Waals surface area (Å²) in [5.41, 5.74) is -0.574. The number of ether oxygens (including phenoxy) is 2. The molecule has 0 unspecified atom stereocenters. The lowest BCUT2D eigenvalue weighted by Crippen LogP contribution is -2.40. The molecule has 0 aliphatic heterocycles. The number of esters is 1. The molecular formula is C17H31NO4. The minimum atomic E-state index is -0.595. The van der Waals surface area contributed by atoms with E-state index in [1.54, 1.807) is 20.8 Å². The first-order valence-electron chi connectivity index (χ1n) is 8.25. The van der Waals surface area contributed by atoms with Crippen LogP contribution in [0, 0.1) is 17.8 Å². The lowest BCUT2D eigenvalue weighted by Gasteiger charge is -2.36. The number of hydrogen-bond acceptors (Lipinski definition) is 4. The van der Waals surface area contributed by atoms with Crippen LogP contribution in [-0.4, -0.2) is 30.3 Å². The Balaban J connectivity index is 2.44.